The van der Waals surface area contributed by atoms with Gasteiger partial charge >= 0.3 is 0 Å². The summed E-state index contributed by atoms with van der Waals surface area (Å²) in [6.07, 6.45) is 6.80. The molecule has 2 aromatic rings. The van der Waals surface area contributed by atoms with Gasteiger partial charge in [-0.15, -0.1) is 0 Å². The minimum absolute atomic E-state index is 0.153. The quantitative estimate of drug-likeness (QED) is 0.526. The number of hydrogen-bond acceptors (Lipinski definition) is 5. The molecule has 2 bridgehead atoms. The van der Waals surface area contributed by atoms with Gasteiger partial charge in [-0.2, -0.15) is 0 Å². The van der Waals surface area contributed by atoms with E-state index in [2.05, 4.69) is 30.1 Å². The Hall–Kier alpha value is -2.54. The molecule has 2 heterocycles. The summed E-state index contributed by atoms with van der Waals surface area (Å²) in [5.41, 5.74) is 2.01. The van der Waals surface area contributed by atoms with Crippen molar-refractivity contribution >= 4 is 44.4 Å². The number of fused-ring (bicyclic) bond motifs is 6. The minimum atomic E-state index is -0.269. The summed E-state index contributed by atoms with van der Waals surface area (Å²) in [5.74, 6) is -0.817. The van der Waals surface area contributed by atoms with Gasteiger partial charge < -0.3 is 0 Å². The van der Waals surface area contributed by atoms with E-state index in [4.69, 9.17) is 0 Å². The largest absolute Gasteiger partial charge is 0.287 e. The average molecular weight is 424 g/mol. The molecule has 5 rings (SSSR count). The molecule has 3 amide bonds. The van der Waals surface area contributed by atoms with E-state index in [0.717, 1.165) is 35.0 Å². The standard InChI is InChI=1S/C23H25N3O3S/c1-3-4-9-25(23-24-16-8-5-13(2)10-17(16)30-23)18(27)12-26-21(28)19-14-6-7-15(11-14)20(19)22(26)29/h5-8,10,14-15,19-20H,3-4,9,11-12H2,1-2H3/t14-,15-,19-,20+/m0/s1. The number of unbranched alkanes of at least 4 members (excludes halogenated alkanes) is 1. The van der Waals surface area contributed by atoms with Crippen LogP contribution in [-0.2, 0) is 14.4 Å². The van der Waals surface area contributed by atoms with E-state index < -0.39 is 0 Å². The van der Waals surface area contributed by atoms with Crippen LogP contribution in [0.2, 0.25) is 0 Å². The average Bonchev–Trinajstić information content (AvgIpc) is 3.48. The Labute approximate surface area is 179 Å². The number of benzene rings is 1. The summed E-state index contributed by atoms with van der Waals surface area (Å²) in [5, 5.41) is 0.634. The normalized spacial score (nSPS) is 26.8. The van der Waals surface area contributed by atoms with Gasteiger partial charge in [-0.05, 0) is 49.3 Å². The topological polar surface area (TPSA) is 70.6 Å². The van der Waals surface area contributed by atoms with E-state index in [9.17, 15) is 14.4 Å². The molecular weight excluding hydrogens is 398 g/mol. The lowest BCUT2D eigenvalue weighted by Crippen LogP contribution is -2.44. The third-order valence-corrected chi connectivity index (χ3v) is 7.70. The maximum atomic E-state index is 13.3. The first-order chi connectivity index (χ1) is 14.5. The Balaban J connectivity index is 1.39. The molecular formula is C23H25N3O3S. The Morgan fingerprint density at radius 2 is 1.90 bits per heavy atom. The van der Waals surface area contributed by atoms with Crippen molar-refractivity contribution in [2.24, 2.45) is 23.7 Å². The maximum absolute atomic E-state index is 13.3. The highest BCUT2D eigenvalue weighted by atomic mass is 32.1. The van der Waals surface area contributed by atoms with Gasteiger partial charge in [-0.25, -0.2) is 4.98 Å². The zero-order valence-electron chi connectivity index (χ0n) is 17.2. The zero-order chi connectivity index (χ0) is 21.0. The molecule has 4 atom stereocenters. The number of hydrogen-bond donors (Lipinski definition) is 0. The van der Waals surface area contributed by atoms with Gasteiger partial charge in [-0.3, -0.25) is 24.2 Å². The summed E-state index contributed by atoms with van der Waals surface area (Å²) in [6.45, 7) is 4.44. The minimum Gasteiger partial charge on any atom is -0.287 e. The monoisotopic (exact) mass is 423 g/mol. The van der Waals surface area contributed by atoms with Gasteiger partial charge in [0, 0.05) is 6.54 Å². The number of anilines is 1. The van der Waals surface area contributed by atoms with Crippen LogP contribution in [0.25, 0.3) is 10.2 Å². The van der Waals surface area contributed by atoms with Gasteiger partial charge in [0.1, 0.15) is 6.54 Å². The number of aromatic nitrogens is 1. The number of nitrogens with zero attached hydrogens (tertiary/aromatic N) is 3. The van der Waals surface area contributed by atoms with Crippen LogP contribution in [0.3, 0.4) is 0 Å². The third kappa shape index (κ3) is 2.98. The fourth-order valence-electron chi connectivity index (χ4n) is 5.12. The van der Waals surface area contributed by atoms with E-state index in [-0.39, 0.29) is 47.9 Å². The van der Waals surface area contributed by atoms with E-state index in [1.807, 2.05) is 19.1 Å². The Morgan fingerprint density at radius 3 is 2.57 bits per heavy atom. The first kappa shape index (κ1) is 19.4. The van der Waals surface area contributed by atoms with Crippen molar-refractivity contribution < 1.29 is 14.4 Å². The third-order valence-electron chi connectivity index (χ3n) is 6.65. The van der Waals surface area contributed by atoms with E-state index in [1.54, 1.807) is 4.90 Å². The molecule has 0 N–H and O–H groups in total. The maximum Gasteiger partial charge on any atom is 0.248 e. The molecule has 1 saturated carbocycles. The van der Waals surface area contributed by atoms with Crippen LogP contribution in [0.15, 0.2) is 30.4 Å². The van der Waals surface area contributed by atoms with Crippen LogP contribution in [0.1, 0.15) is 31.7 Å². The number of aryl methyl sites for hydroxylation is 1. The molecule has 2 fully saturated rings. The van der Waals surface area contributed by atoms with E-state index in [1.165, 1.54) is 16.2 Å². The van der Waals surface area contributed by atoms with Crippen LogP contribution < -0.4 is 4.90 Å². The Morgan fingerprint density at radius 1 is 1.20 bits per heavy atom. The smallest absolute Gasteiger partial charge is 0.248 e. The van der Waals surface area contributed by atoms with Gasteiger partial charge in [0.25, 0.3) is 0 Å². The van der Waals surface area contributed by atoms with Crippen molar-refractivity contribution in [3.05, 3.63) is 35.9 Å². The lowest BCUT2D eigenvalue weighted by molar-refractivity contribution is -0.143. The molecule has 7 heteroatoms. The highest BCUT2D eigenvalue weighted by Gasteiger charge is 2.59. The number of thiazole rings is 1. The molecule has 3 aliphatic rings. The summed E-state index contributed by atoms with van der Waals surface area (Å²) in [6, 6.07) is 6.04. The number of carbonyl (C=O) groups excluding carboxylic acids is 3. The fraction of sp³-hybridized carbons (Fsp3) is 0.478. The number of likely N-dealkylation sites (tertiary alicyclic amines) is 1. The number of carbonyl (C=O) groups is 3. The number of allylic oxidation sites excluding steroid dienone is 2. The molecule has 30 heavy (non-hydrogen) atoms. The summed E-state index contributed by atoms with van der Waals surface area (Å²) < 4.78 is 1.03. The zero-order valence-corrected chi connectivity index (χ0v) is 18.0. The van der Waals surface area contributed by atoms with Crippen molar-refractivity contribution in [3.8, 4) is 0 Å². The number of rotatable bonds is 6. The highest BCUT2D eigenvalue weighted by molar-refractivity contribution is 7.22. The van der Waals surface area contributed by atoms with E-state index in [0.29, 0.717) is 11.7 Å². The molecule has 6 nitrogen and oxygen atoms in total. The first-order valence-electron chi connectivity index (χ1n) is 10.7. The SMILES string of the molecule is CCCCN(C(=O)CN1C(=O)[C@@H]2[C@H](C1=O)[C@H]1C=C[C@H]2C1)c1nc2ccc(C)cc2s1. The summed E-state index contributed by atoms with van der Waals surface area (Å²) in [4.78, 5) is 46.7. The molecule has 1 saturated heterocycles. The molecule has 1 aliphatic heterocycles. The van der Waals surface area contributed by atoms with Crippen molar-refractivity contribution in [2.45, 2.75) is 33.1 Å². The van der Waals surface area contributed by atoms with Crippen molar-refractivity contribution in [2.75, 3.05) is 18.0 Å². The second-order valence-electron chi connectivity index (χ2n) is 8.63. The van der Waals surface area contributed by atoms with Gasteiger partial charge in [0.2, 0.25) is 17.7 Å². The summed E-state index contributed by atoms with van der Waals surface area (Å²) in [7, 11) is 0. The summed E-state index contributed by atoms with van der Waals surface area (Å²) >= 11 is 1.48. The van der Waals surface area contributed by atoms with E-state index >= 15 is 0 Å². The Kier molecular flexibility index (Phi) is 4.73. The van der Waals surface area contributed by atoms with Crippen LogP contribution in [0, 0.1) is 30.6 Å². The second-order valence-corrected chi connectivity index (χ2v) is 9.64. The first-order valence-corrected chi connectivity index (χ1v) is 11.5. The Bertz CT molecular complexity index is 1040. The lowest BCUT2D eigenvalue weighted by Gasteiger charge is -2.23. The predicted molar refractivity (Wildman–Crippen MR) is 116 cm³/mol. The van der Waals surface area contributed by atoms with Crippen molar-refractivity contribution in [1.82, 2.24) is 9.88 Å². The molecule has 0 unspecified atom stereocenters. The van der Waals surface area contributed by atoms with Crippen LogP contribution >= 0.6 is 11.3 Å². The van der Waals surface area contributed by atoms with Crippen LogP contribution in [0.5, 0.6) is 0 Å². The second kappa shape index (κ2) is 7.30. The van der Waals surface area contributed by atoms with Gasteiger partial charge in [0.05, 0.1) is 22.1 Å². The van der Waals surface area contributed by atoms with Crippen molar-refractivity contribution in [1.29, 1.82) is 0 Å². The fourth-order valence-corrected chi connectivity index (χ4v) is 6.23. The lowest BCUT2D eigenvalue weighted by atomic mass is 9.85. The van der Waals surface area contributed by atoms with Gasteiger partial charge in [0.15, 0.2) is 5.13 Å². The molecule has 0 radical (unpaired) electrons. The van der Waals surface area contributed by atoms with Crippen LogP contribution in [0.4, 0.5) is 5.13 Å². The van der Waals surface area contributed by atoms with Crippen molar-refractivity contribution in [3.63, 3.8) is 0 Å². The molecule has 1 aromatic carbocycles. The van der Waals surface area contributed by atoms with Gasteiger partial charge in [-0.1, -0.05) is 42.9 Å². The molecule has 1 aromatic heterocycles. The molecule has 2 aliphatic carbocycles. The molecule has 0 spiro atoms. The molecule has 156 valence electrons. The van der Waals surface area contributed by atoms with Crippen LogP contribution in [-0.4, -0.2) is 40.7 Å². The predicted octanol–water partition coefficient (Wildman–Crippen LogP) is 3.54. The number of imide groups is 1. The number of amides is 3. The highest BCUT2D eigenvalue weighted by Crippen LogP contribution is 2.52.